The van der Waals surface area contributed by atoms with Crippen molar-refractivity contribution in [3.8, 4) is 0 Å². The van der Waals surface area contributed by atoms with E-state index < -0.39 is 0 Å². The highest BCUT2D eigenvalue weighted by Crippen LogP contribution is 2.74. The predicted molar refractivity (Wildman–Crippen MR) is 134 cm³/mol. The summed E-state index contributed by atoms with van der Waals surface area (Å²) in [7, 11) is 0. The van der Waals surface area contributed by atoms with Crippen LogP contribution in [0.1, 0.15) is 86.0 Å². The first-order chi connectivity index (χ1) is 16.0. The van der Waals surface area contributed by atoms with Crippen LogP contribution in [0.3, 0.4) is 0 Å². The molecule has 4 aliphatic carbocycles. The van der Waals surface area contributed by atoms with Gasteiger partial charge in [0.25, 0.3) is 0 Å². The van der Waals surface area contributed by atoms with Gasteiger partial charge in [0.2, 0.25) is 0 Å². The van der Waals surface area contributed by atoms with E-state index in [0.717, 1.165) is 19.3 Å². The number of aliphatic hydroxyl groups is 1. The van der Waals surface area contributed by atoms with Crippen molar-refractivity contribution in [2.24, 2.45) is 46.3 Å². The third kappa shape index (κ3) is 3.57. The molecule has 0 aromatic heterocycles. The fourth-order valence-corrected chi connectivity index (χ4v) is 9.45. The molecule has 1 N–H and O–H groups in total. The molecule has 5 fully saturated rings. The van der Waals surface area contributed by atoms with Crippen LogP contribution >= 0.6 is 0 Å². The summed E-state index contributed by atoms with van der Waals surface area (Å²) in [6, 6.07) is 0. The number of ether oxygens (including phenoxy) is 2. The third-order valence-corrected chi connectivity index (χ3v) is 11.4. The van der Waals surface area contributed by atoms with Crippen LogP contribution in [-0.2, 0) is 14.3 Å². The molecule has 5 rings (SSSR count). The molecular weight excluding hydrogens is 424 g/mol. The van der Waals surface area contributed by atoms with Crippen molar-refractivity contribution in [3.05, 3.63) is 24.3 Å². The Kier molecular flexibility index (Phi) is 6.12. The number of allylic oxidation sites excluding steroid dienone is 3. The van der Waals surface area contributed by atoms with Gasteiger partial charge in [-0.2, -0.15) is 0 Å². The average molecular weight is 471 g/mol. The quantitative estimate of drug-likeness (QED) is 0.290. The highest BCUT2D eigenvalue weighted by molar-refractivity contribution is 5.66. The molecule has 190 valence electrons. The molecule has 1 spiro atoms. The number of fused-ring (bicyclic) bond motifs is 4. The van der Waals surface area contributed by atoms with Gasteiger partial charge in [0, 0.05) is 18.8 Å². The number of carbonyl (C=O) groups excluding carboxylic acids is 1. The Morgan fingerprint density at radius 1 is 1.18 bits per heavy atom. The summed E-state index contributed by atoms with van der Waals surface area (Å²) in [6.07, 6.45) is 13.2. The molecule has 0 bridgehead atoms. The van der Waals surface area contributed by atoms with Crippen molar-refractivity contribution in [2.45, 2.75) is 104 Å². The van der Waals surface area contributed by atoms with Crippen molar-refractivity contribution in [3.63, 3.8) is 0 Å². The van der Waals surface area contributed by atoms with E-state index >= 15 is 0 Å². The summed E-state index contributed by atoms with van der Waals surface area (Å²) in [6.45, 7) is 15.6. The van der Waals surface area contributed by atoms with Gasteiger partial charge < -0.3 is 14.6 Å². The van der Waals surface area contributed by atoms with Gasteiger partial charge in [0.15, 0.2) is 0 Å². The Balaban J connectivity index is 1.40. The van der Waals surface area contributed by atoms with Gasteiger partial charge in [0.05, 0.1) is 12.2 Å². The molecule has 1 aliphatic heterocycles. The van der Waals surface area contributed by atoms with Crippen LogP contribution in [-0.4, -0.2) is 35.5 Å². The molecule has 4 heteroatoms. The summed E-state index contributed by atoms with van der Waals surface area (Å²) in [5.41, 5.74) is 1.19. The van der Waals surface area contributed by atoms with Gasteiger partial charge in [0.1, 0.15) is 12.2 Å². The predicted octanol–water partition coefficient (Wildman–Crippen LogP) is 6.09. The molecule has 0 aromatic rings. The smallest absolute Gasteiger partial charge is 0.302 e. The standard InChI is InChI=1S/C30H46O4/c1-18(2)19(3)7-8-20(4)24-9-10-25-23-15-27-30(34-27)16-22(32)11-14-29(30,17-33-21(5)31)26(23)12-13-28(24,25)6/h7-8,18,20,22-27,32H,3,9-17H2,1-2,4-6H3/b8-7+/t20-,22+,23+,24-,25+,26+,27-,28-,29+,30-/m1/s1. The number of aliphatic hydroxyl groups excluding tert-OH is 1. The monoisotopic (exact) mass is 470 g/mol. The molecule has 34 heavy (non-hydrogen) atoms. The van der Waals surface area contributed by atoms with Gasteiger partial charge in [-0.25, -0.2) is 0 Å². The minimum absolute atomic E-state index is 0.120. The maximum atomic E-state index is 11.9. The zero-order chi connectivity index (χ0) is 24.5. The minimum Gasteiger partial charge on any atom is -0.465 e. The lowest BCUT2D eigenvalue weighted by molar-refractivity contribution is -0.169. The van der Waals surface area contributed by atoms with Gasteiger partial charge in [-0.05, 0) is 85.9 Å². The van der Waals surface area contributed by atoms with E-state index in [1.165, 1.54) is 38.2 Å². The molecule has 0 aromatic carbocycles. The lowest BCUT2D eigenvalue weighted by Gasteiger charge is -2.60. The van der Waals surface area contributed by atoms with Crippen molar-refractivity contribution in [1.82, 2.24) is 0 Å². The Hall–Kier alpha value is -1.13. The van der Waals surface area contributed by atoms with Crippen LogP contribution in [0.25, 0.3) is 0 Å². The molecule has 4 saturated carbocycles. The maximum Gasteiger partial charge on any atom is 0.302 e. The first-order valence-electron chi connectivity index (χ1n) is 13.9. The van der Waals surface area contributed by atoms with Crippen LogP contribution < -0.4 is 0 Å². The van der Waals surface area contributed by atoms with Gasteiger partial charge >= 0.3 is 5.97 Å². The topological polar surface area (TPSA) is 59.1 Å². The van der Waals surface area contributed by atoms with Gasteiger partial charge in [-0.1, -0.05) is 52.0 Å². The highest BCUT2D eigenvalue weighted by atomic mass is 16.6. The fraction of sp³-hybridized carbons (Fsp3) is 0.833. The second-order valence-electron chi connectivity index (χ2n) is 13.1. The molecule has 10 atom stereocenters. The highest BCUT2D eigenvalue weighted by Gasteiger charge is 2.78. The Morgan fingerprint density at radius 2 is 1.94 bits per heavy atom. The lowest BCUT2D eigenvalue weighted by atomic mass is 9.44. The van der Waals surface area contributed by atoms with E-state index in [4.69, 9.17) is 9.47 Å². The number of rotatable bonds is 6. The van der Waals surface area contributed by atoms with Crippen molar-refractivity contribution >= 4 is 5.97 Å². The minimum atomic E-state index is -0.287. The molecule has 0 unspecified atom stereocenters. The zero-order valence-electron chi connectivity index (χ0n) is 22.0. The number of epoxide rings is 1. The van der Waals surface area contributed by atoms with Crippen molar-refractivity contribution in [2.75, 3.05) is 6.61 Å². The summed E-state index contributed by atoms with van der Waals surface area (Å²) >= 11 is 0. The largest absolute Gasteiger partial charge is 0.465 e. The second-order valence-corrected chi connectivity index (χ2v) is 13.1. The first-order valence-corrected chi connectivity index (χ1v) is 13.9. The Morgan fingerprint density at radius 3 is 2.65 bits per heavy atom. The van der Waals surface area contributed by atoms with E-state index in [-0.39, 0.29) is 29.2 Å². The molecule has 1 heterocycles. The Labute approximate surface area is 206 Å². The van der Waals surface area contributed by atoms with Crippen LogP contribution in [0.5, 0.6) is 0 Å². The molecule has 1 saturated heterocycles. The zero-order valence-corrected chi connectivity index (χ0v) is 22.0. The number of hydrogen-bond donors (Lipinski definition) is 1. The summed E-state index contributed by atoms with van der Waals surface area (Å²) < 4.78 is 12.3. The van der Waals surface area contributed by atoms with E-state index in [1.54, 1.807) is 0 Å². The Bertz CT molecular complexity index is 862. The molecule has 4 nitrogen and oxygen atoms in total. The van der Waals surface area contributed by atoms with Crippen LogP contribution in [0.15, 0.2) is 24.3 Å². The number of carbonyl (C=O) groups is 1. The van der Waals surface area contributed by atoms with E-state index in [1.807, 2.05) is 0 Å². The SMILES string of the molecule is C=C(/C=C/[C@@H](C)[C@H]1CC[C@H]2[C@@H]3C[C@H]4O[C@]45C[C@@H](O)CC[C@]5(COC(C)=O)[C@H]3CC[C@]12C)C(C)C. The van der Waals surface area contributed by atoms with Gasteiger partial charge in [-0.3, -0.25) is 4.79 Å². The van der Waals surface area contributed by atoms with Crippen molar-refractivity contribution < 1.29 is 19.4 Å². The normalized spacial score (nSPS) is 48.0. The summed E-state index contributed by atoms with van der Waals surface area (Å²) in [5, 5.41) is 10.5. The lowest BCUT2D eigenvalue weighted by Crippen LogP contribution is -2.61. The average Bonchev–Trinajstić information content (AvgIpc) is 3.35. The van der Waals surface area contributed by atoms with Crippen LogP contribution in [0, 0.1) is 46.3 Å². The fourth-order valence-electron chi connectivity index (χ4n) is 9.45. The van der Waals surface area contributed by atoms with E-state index in [0.29, 0.717) is 54.0 Å². The molecular formula is C30H46O4. The molecule has 0 radical (unpaired) electrons. The first kappa shape index (κ1) is 24.6. The van der Waals surface area contributed by atoms with E-state index in [2.05, 4.69) is 46.4 Å². The van der Waals surface area contributed by atoms with Crippen LogP contribution in [0.4, 0.5) is 0 Å². The molecule has 0 amide bonds. The van der Waals surface area contributed by atoms with Crippen LogP contribution in [0.2, 0.25) is 0 Å². The summed E-state index contributed by atoms with van der Waals surface area (Å²) in [4.78, 5) is 11.9. The third-order valence-electron chi connectivity index (χ3n) is 11.4. The molecule has 5 aliphatic rings. The van der Waals surface area contributed by atoms with E-state index in [9.17, 15) is 9.90 Å². The second kappa shape index (κ2) is 8.47. The number of esters is 1. The summed E-state index contributed by atoms with van der Waals surface area (Å²) in [5.74, 6) is 3.44. The van der Waals surface area contributed by atoms with Crippen molar-refractivity contribution in [1.29, 1.82) is 0 Å². The number of hydrogen-bond acceptors (Lipinski definition) is 4. The van der Waals surface area contributed by atoms with Gasteiger partial charge in [-0.15, -0.1) is 0 Å². The maximum absolute atomic E-state index is 11.9.